The molecular formula is C8H13F11O9S3. The van der Waals surface area contributed by atoms with Gasteiger partial charge in [-0.2, -0.15) is 64.8 Å². The molecule has 0 aromatic rings. The summed E-state index contributed by atoms with van der Waals surface area (Å²) in [7, 11) is -19.3. The lowest BCUT2D eigenvalue weighted by Gasteiger charge is -2.09. The fraction of sp³-hybridized carbons (Fsp3) is 1.00. The zero-order valence-corrected chi connectivity index (χ0v) is 15.9. The molecule has 0 bridgehead atoms. The van der Waals surface area contributed by atoms with Crippen LogP contribution in [0.15, 0.2) is 0 Å². The Kier molecular flexibility index (Phi) is 16.2. The van der Waals surface area contributed by atoms with Gasteiger partial charge in [0.05, 0.1) is 13.2 Å². The van der Waals surface area contributed by atoms with E-state index in [-0.39, 0.29) is 14.0 Å². The fourth-order valence-electron chi connectivity index (χ4n) is 0.403. The molecule has 0 unspecified atom stereocenters. The Bertz CT molecular complexity index is 751. The third kappa shape index (κ3) is 14.6. The number of alkyl halides is 11. The van der Waals surface area contributed by atoms with Crippen molar-refractivity contribution in [3.63, 3.8) is 0 Å². The van der Waals surface area contributed by atoms with Crippen LogP contribution in [0.1, 0.15) is 7.43 Å². The minimum Gasteiger partial charge on any atom is -0.394 e. The maximum absolute atomic E-state index is 11.4. The molecule has 0 aliphatic rings. The Labute approximate surface area is 168 Å². The zero-order chi connectivity index (χ0) is 25.2. The van der Waals surface area contributed by atoms with Crippen LogP contribution in [0.2, 0.25) is 0 Å². The molecule has 0 heterocycles. The van der Waals surface area contributed by atoms with E-state index in [1.165, 1.54) is 0 Å². The van der Waals surface area contributed by atoms with Gasteiger partial charge in [0, 0.05) is 0 Å². The van der Waals surface area contributed by atoms with Crippen molar-refractivity contribution in [3.05, 3.63) is 0 Å². The van der Waals surface area contributed by atoms with E-state index >= 15 is 0 Å². The van der Waals surface area contributed by atoms with E-state index in [1.54, 1.807) is 0 Å². The highest BCUT2D eigenvalue weighted by Crippen LogP contribution is 2.32. The Morgan fingerprint density at radius 2 is 0.871 bits per heavy atom. The molecular weight excluding hydrogens is 545 g/mol. The van der Waals surface area contributed by atoms with Crippen LogP contribution >= 0.6 is 0 Å². The minimum atomic E-state index is -6.85. The van der Waals surface area contributed by atoms with Crippen molar-refractivity contribution >= 4 is 30.4 Å². The lowest BCUT2D eigenvalue weighted by Crippen LogP contribution is -2.34. The summed E-state index contributed by atoms with van der Waals surface area (Å²) in [6, 6.07) is 0. The van der Waals surface area contributed by atoms with Crippen molar-refractivity contribution < 1.29 is 86.5 Å². The van der Waals surface area contributed by atoms with Gasteiger partial charge in [0.1, 0.15) is 13.3 Å². The first-order valence-electron chi connectivity index (χ1n) is 5.95. The number of aliphatic hydroxyl groups is 1. The highest BCUT2D eigenvalue weighted by atomic mass is 32.3. The molecule has 0 amide bonds. The predicted molar refractivity (Wildman–Crippen MR) is 77.7 cm³/mol. The van der Waals surface area contributed by atoms with Gasteiger partial charge in [-0.1, -0.05) is 7.43 Å². The van der Waals surface area contributed by atoms with Crippen LogP contribution in [0.4, 0.5) is 48.3 Å². The number of hydrogen-bond acceptors (Lipinski definition) is 9. The average Bonchev–Trinajstić information content (AvgIpc) is 2.49. The zero-order valence-electron chi connectivity index (χ0n) is 13.4. The van der Waals surface area contributed by atoms with Crippen molar-refractivity contribution in [3.8, 4) is 0 Å². The molecule has 0 atom stereocenters. The van der Waals surface area contributed by atoms with E-state index < -0.39 is 66.8 Å². The second-order valence-electron chi connectivity index (χ2n) is 3.69. The largest absolute Gasteiger partial charge is 0.524 e. The second kappa shape index (κ2) is 13.5. The molecule has 0 fully saturated rings. The maximum Gasteiger partial charge on any atom is 0.524 e. The minimum absolute atomic E-state index is 0. The molecule has 0 saturated heterocycles. The van der Waals surface area contributed by atoms with E-state index in [9.17, 15) is 73.5 Å². The van der Waals surface area contributed by atoms with Crippen LogP contribution in [0.5, 0.6) is 0 Å². The lowest BCUT2D eigenvalue weighted by molar-refractivity contribution is -0.0586. The highest BCUT2D eigenvalue weighted by molar-refractivity contribution is 8.00. The van der Waals surface area contributed by atoms with E-state index in [0.717, 1.165) is 0 Å². The Morgan fingerprint density at radius 3 is 1.03 bits per heavy atom. The van der Waals surface area contributed by atoms with Crippen LogP contribution in [0.3, 0.4) is 0 Å². The summed E-state index contributed by atoms with van der Waals surface area (Å²) < 4.78 is 189. The molecule has 0 aliphatic carbocycles. The molecule has 0 aliphatic heterocycles. The van der Waals surface area contributed by atoms with Crippen molar-refractivity contribution in [2.24, 2.45) is 0 Å². The molecule has 0 spiro atoms. The summed E-state index contributed by atoms with van der Waals surface area (Å²) in [6.45, 7) is -3.36. The van der Waals surface area contributed by atoms with E-state index in [4.69, 9.17) is 5.11 Å². The van der Waals surface area contributed by atoms with Crippen LogP contribution in [0.25, 0.3) is 0 Å². The van der Waals surface area contributed by atoms with Crippen LogP contribution in [0, 0.1) is 0 Å². The molecule has 0 saturated carbocycles. The SMILES string of the molecule is C.O=S(=O)(OCCF)C(F)(F)F.O=S(=O)(OS(=O)(=O)C(F)(F)F)C(F)(F)F.OCCF. The van der Waals surface area contributed by atoms with Gasteiger partial charge in [-0.25, -0.2) is 8.78 Å². The van der Waals surface area contributed by atoms with E-state index in [2.05, 4.69) is 4.18 Å². The van der Waals surface area contributed by atoms with Crippen LogP contribution in [-0.4, -0.2) is 73.4 Å². The number of rotatable bonds is 6. The molecule has 0 rings (SSSR count). The molecule has 0 aromatic heterocycles. The molecule has 1 N–H and O–H groups in total. The van der Waals surface area contributed by atoms with Gasteiger partial charge in [0.15, 0.2) is 0 Å². The average molecular weight is 558 g/mol. The molecule has 9 nitrogen and oxygen atoms in total. The molecule has 23 heteroatoms. The first-order valence-corrected chi connectivity index (χ1v) is 10.2. The number of halogens is 11. The van der Waals surface area contributed by atoms with Gasteiger partial charge in [-0.05, 0) is 0 Å². The predicted octanol–water partition coefficient (Wildman–Crippen LogP) is 2.11. The Hall–Kier alpha value is -1.04. The van der Waals surface area contributed by atoms with Crippen LogP contribution < -0.4 is 0 Å². The third-order valence-corrected chi connectivity index (χ3v) is 5.04. The summed E-state index contributed by atoms with van der Waals surface area (Å²) >= 11 is 0. The molecule has 0 aromatic carbocycles. The lowest BCUT2D eigenvalue weighted by atomic mass is 10.9. The smallest absolute Gasteiger partial charge is 0.394 e. The first-order chi connectivity index (χ1) is 12.9. The van der Waals surface area contributed by atoms with E-state index in [1.807, 2.05) is 3.63 Å². The topological polar surface area (TPSA) is 141 Å². The second-order valence-corrected chi connectivity index (χ2v) is 8.58. The van der Waals surface area contributed by atoms with Crippen molar-refractivity contribution in [2.45, 2.75) is 24.0 Å². The Balaban J connectivity index is -0.000000201. The van der Waals surface area contributed by atoms with Crippen LogP contribution in [-0.2, 0) is 38.2 Å². The van der Waals surface area contributed by atoms with Crippen molar-refractivity contribution in [1.82, 2.24) is 0 Å². The first kappa shape index (κ1) is 37.3. The van der Waals surface area contributed by atoms with Gasteiger partial charge in [0.25, 0.3) is 0 Å². The van der Waals surface area contributed by atoms with Gasteiger partial charge < -0.3 is 5.11 Å². The standard InChI is InChI=1S/C3H4F4O3S.C2F6O5S2.C2H5FO.CH4/c4-1-2-10-11(8,9)3(5,6)7;3-1(4,5)14(9,10)13-15(11,12)2(6,7)8;3-1-2-4;/h1-2H2;;4H,1-2H2;1H4. The molecule has 0 radical (unpaired) electrons. The monoisotopic (exact) mass is 558 g/mol. The van der Waals surface area contributed by atoms with Gasteiger partial charge in [0.2, 0.25) is 0 Å². The summed E-state index contributed by atoms with van der Waals surface area (Å²) in [5, 5.41) is 7.50. The Morgan fingerprint density at radius 1 is 0.613 bits per heavy atom. The number of aliphatic hydroxyl groups excluding tert-OH is 1. The maximum atomic E-state index is 11.4. The van der Waals surface area contributed by atoms with Gasteiger partial charge in [-0.3, -0.25) is 4.18 Å². The molecule has 31 heavy (non-hydrogen) atoms. The molecule has 194 valence electrons. The summed E-state index contributed by atoms with van der Waals surface area (Å²) in [4.78, 5) is 0. The quantitative estimate of drug-likeness (QED) is 0.295. The summed E-state index contributed by atoms with van der Waals surface area (Å²) in [5.41, 5.74) is -18.0. The van der Waals surface area contributed by atoms with Gasteiger partial charge >= 0.3 is 46.9 Å². The fourth-order valence-corrected chi connectivity index (χ4v) is 2.38. The van der Waals surface area contributed by atoms with Gasteiger partial charge in [-0.15, -0.1) is 3.63 Å². The summed E-state index contributed by atoms with van der Waals surface area (Å²) in [5.74, 6) is 0. The van der Waals surface area contributed by atoms with Crippen molar-refractivity contribution in [2.75, 3.05) is 26.6 Å². The van der Waals surface area contributed by atoms with E-state index in [0.29, 0.717) is 0 Å². The normalized spacial score (nSPS) is 13.2. The highest BCUT2D eigenvalue weighted by Gasteiger charge is 2.57. The third-order valence-electron chi connectivity index (χ3n) is 1.43. The summed E-state index contributed by atoms with van der Waals surface area (Å²) in [6.07, 6.45) is 0. The van der Waals surface area contributed by atoms with Crippen molar-refractivity contribution in [1.29, 1.82) is 0 Å². The number of hydrogen-bond donors (Lipinski definition) is 1.